The summed E-state index contributed by atoms with van der Waals surface area (Å²) in [5, 5.41) is 7.84. The van der Waals surface area contributed by atoms with Crippen LogP contribution < -0.4 is 0 Å². The summed E-state index contributed by atoms with van der Waals surface area (Å²) in [5.41, 5.74) is 0.842. The van der Waals surface area contributed by atoms with E-state index in [2.05, 4.69) is 10.2 Å². The Balaban J connectivity index is 1.86. The minimum absolute atomic E-state index is 0.0115. The molecular weight excluding hydrogens is 342 g/mol. The summed E-state index contributed by atoms with van der Waals surface area (Å²) in [4.78, 5) is 0. The van der Waals surface area contributed by atoms with Crippen LogP contribution in [0.1, 0.15) is 25.7 Å². The predicted octanol–water partition coefficient (Wildman–Crippen LogP) is 2.14. The summed E-state index contributed by atoms with van der Waals surface area (Å²) in [7, 11) is -1.72. The van der Waals surface area contributed by atoms with Gasteiger partial charge in [0.25, 0.3) is 0 Å². The molecule has 1 aliphatic rings. The Labute approximate surface area is 148 Å². The van der Waals surface area contributed by atoms with Gasteiger partial charge in [-0.05, 0) is 26.0 Å². The van der Waals surface area contributed by atoms with Gasteiger partial charge in [-0.3, -0.25) is 0 Å². The molecule has 8 heteroatoms. The Morgan fingerprint density at radius 3 is 2.60 bits per heavy atom. The summed E-state index contributed by atoms with van der Waals surface area (Å²) < 4.78 is 37.7. The molecule has 1 fully saturated rings. The number of ether oxygens (including phenoxy) is 1. The summed E-state index contributed by atoms with van der Waals surface area (Å²) in [6.07, 6.45) is 0. The second kappa shape index (κ2) is 7.23. The summed E-state index contributed by atoms with van der Waals surface area (Å²) in [5.74, 6) is 0.723. The van der Waals surface area contributed by atoms with E-state index < -0.39 is 15.3 Å². The molecule has 1 aromatic heterocycles. The number of sulfonamides is 1. The van der Waals surface area contributed by atoms with Crippen LogP contribution in [-0.4, -0.2) is 55.0 Å². The maximum atomic E-state index is 12.5. The second-order valence-corrected chi connectivity index (χ2v) is 9.03. The van der Waals surface area contributed by atoms with Crippen LogP contribution in [0.3, 0.4) is 0 Å². The van der Waals surface area contributed by atoms with E-state index in [0.717, 1.165) is 5.56 Å². The number of methoxy groups -OCH3 is 1. The summed E-state index contributed by atoms with van der Waals surface area (Å²) >= 11 is 0. The SMILES string of the molecule is COC[C@@H]1CN(S(=O)(=O)C(C)C)C[C@H]1c1nnc(-c2ccccc2)o1. The highest BCUT2D eigenvalue weighted by Gasteiger charge is 2.42. The summed E-state index contributed by atoms with van der Waals surface area (Å²) in [6.45, 7) is 4.56. The standard InChI is InChI=1S/C17H23N3O4S/c1-12(2)25(21,22)20-9-14(11-23-3)15(10-20)17-19-18-16(24-17)13-7-5-4-6-8-13/h4-8,12,14-15H,9-11H2,1-3H3/t14-,15+/m0/s1. The molecule has 1 aliphatic heterocycles. The van der Waals surface area contributed by atoms with Crippen LogP contribution in [0.5, 0.6) is 0 Å². The van der Waals surface area contributed by atoms with Crippen molar-refractivity contribution < 1.29 is 17.6 Å². The number of rotatable bonds is 6. The van der Waals surface area contributed by atoms with E-state index in [1.165, 1.54) is 4.31 Å². The van der Waals surface area contributed by atoms with E-state index in [1.807, 2.05) is 30.3 Å². The van der Waals surface area contributed by atoms with Gasteiger partial charge in [-0.2, -0.15) is 0 Å². The monoisotopic (exact) mass is 365 g/mol. The van der Waals surface area contributed by atoms with Gasteiger partial charge in [-0.25, -0.2) is 12.7 Å². The number of hydrogen-bond donors (Lipinski definition) is 0. The first-order valence-corrected chi connectivity index (χ1v) is 9.80. The largest absolute Gasteiger partial charge is 0.420 e. The molecule has 0 spiro atoms. The van der Waals surface area contributed by atoms with Gasteiger partial charge in [0.2, 0.25) is 21.8 Å². The third-order valence-corrected chi connectivity index (χ3v) is 6.73. The lowest BCUT2D eigenvalue weighted by molar-refractivity contribution is 0.147. The second-order valence-electron chi connectivity index (χ2n) is 6.54. The van der Waals surface area contributed by atoms with Gasteiger partial charge in [0.1, 0.15) is 0 Å². The minimum Gasteiger partial charge on any atom is -0.420 e. The maximum absolute atomic E-state index is 12.5. The van der Waals surface area contributed by atoms with Crippen LogP contribution in [0.25, 0.3) is 11.5 Å². The van der Waals surface area contributed by atoms with E-state index in [1.54, 1.807) is 21.0 Å². The third-order valence-electron chi connectivity index (χ3n) is 4.52. The van der Waals surface area contributed by atoms with E-state index in [9.17, 15) is 8.42 Å². The Morgan fingerprint density at radius 2 is 1.96 bits per heavy atom. The molecule has 1 aromatic carbocycles. The molecular formula is C17H23N3O4S. The molecule has 0 N–H and O–H groups in total. The Bertz CT molecular complexity index is 804. The zero-order valence-corrected chi connectivity index (χ0v) is 15.4. The molecule has 2 aromatic rings. The molecule has 0 bridgehead atoms. The van der Waals surface area contributed by atoms with E-state index in [-0.39, 0.29) is 11.8 Å². The molecule has 0 aliphatic carbocycles. The zero-order valence-electron chi connectivity index (χ0n) is 14.6. The number of benzene rings is 1. The Kier molecular flexibility index (Phi) is 5.21. The van der Waals surface area contributed by atoms with Gasteiger partial charge in [-0.15, -0.1) is 10.2 Å². The quantitative estimate of drug-likeness (QED) is 0.780. The van der Waals surface area contributed by atoms with E-state index in [4.69, 9.17) is 9.15 Å². The Morgan fingerprint density at radius 1 is 1.24 bits per heavy atom. The van der Waals surface area contributed by atoms with Gasteiger partial charge in [0.05, 0.1) is 17.8 Å². The molecule has 7 nitrogen and oxygen atoms in total. The molecule has 3 rings (SSSR count). The predicted molar refractivity (Wildman–Crippen MR) is 93.5 cm³/mol. The van der Waals surface area contributed by atoms with Crippen molar-refractivity contribution in [3.63, 3.8) is 0 Å². The normalized spacial score (nSPS) is 21.9. The molecule has 2 atom stereocenters. The van der Waals surface area contributed by atoms with Crippen LogP contribution in [0.4, 0.5) is 0 Å². The van der Waals surface area contributed by atoms with Crippen molar-refractivity contribution >= 4 is 10.0 Å². The van der Waals surface area contributed by atoms with E-state index >= 15 is 0 Å². The molecule has 0 amide bonds. The van der Waals surface area contributed by atoms with Gasteiger partial charge in [0, 0.05) is 31.7 Å². The van der Waals surface area contributed by atoms with Crippen molar-refractivity contribution in [3.8, 4) is 11.5 Å². The van der Waals surface area contributed by atoms with Crippen molar-refractivity contribution in [2.24, 2.45) is 5.92 Å². The average Bonchev–Trinajstić information content (AvgIpc) is 3.23. The number of hydrogen-bond acceptors (Lipinski definition) is 6. The highest BCUT2D eigenvalue weighted by atomic mass is 32.2. The molecule has 25 heavy (non-hydrogen) atoms. The number of aromatic nitrogens is 2. The Hall–Kier alpha value is -1.77. The topological polar surface area (TPSA) is 85.5 Å². The molecule has 0 unspecified atom stereocenters. The first-order chi connectivity index (χ1) is 11.9. The highest BCUT2D eigenvalue weighted by molar-refractivity contribution is 7.89. The molecule has 0 saturated carbocycles. The molecule has 1 saturated heterocycles. The first kappa shape index (κ1) is 18.0. The van der Waals surface area contributed by atoms with Gasteiger partial charge >= 0.3 is 0 Å². The van der Waals surface area contributed by atoms with Gasteiger partial charge in [0.15, 0.2) is 0 Å². The fraction of sp³-hybridized carbons (Fsp3) is 0.529. The van der Waals surface area contributed by atoms with Crippen molar-refractivity contribution in [1.29, 1.82) is 0 Å². The fourth-order valence-electron chi connectivity index (χ4n) is 3.08. The van der Waals surface area contributed by atoms with E-state index in [0.29, 0.717) is 31.5 Å². The molecule has 0 radical (unpaired) electrons. The van der Waals surface area contributed by atoms with Gasteiger partial charge in [-0.1, -0.05) is 18.2 Å². The maximum Gasteiger partial charge on any atom is 0.247 e. The van der Waals surface area contributed by atoms with Crippen LogP contribution in [0.2, 0.25) is 0 Å². The lowest BCUT2D eigenvalue weighted by atomic mass is 9.97. The van der Waals surface area contributed by atoms with Crippen molar-refractivity contribution in [1.82, 2.24) is 14.5 Å². The average molecular weight is 365 g/mol. The summed E-state index contributed by atoms with van der Waals surface area (Å²) in [6, 6.07) is 9.52. The first-order valence-electron chi connectivity index (χ1n) is 8.30. The van der Waals surface area contributed by atoms with Crippen molar-refractivity contribution in [3.05, 3.63) is 36.2 Å². The van der Waals surface area contributed by atoms with Crippen LogP contribution in [-0.2, 0) is 14.8 Å². The van der Waals surface area contributed by atoms with Crippen molar-refractivity contribution in [2.45, 2.75) is 25.0 Å². The van der Waals surface area contributed by atoms with Crippen LogP contribution in [0.15, 0.2) is 34.7 Å². The fourth-order valence-corrected chi connectivity index (χ4v) is 4.45. The lowest BCUT2D eigenvalue weighted by Crippen LogP contribution is -2.35. The van der Waals surface area contributed by atoms with Crippen molar-refractivity contribution in [2.75, 3.05) is 26.8 Å². The molecule has 2 heterocycles. The lowest BCUT2D eigenvalue weighted by Gasteiger charge is -2.18. The van der Waals surface area contributed by atoms with Crippen LogP contribution >= 0.6 is 0 Å². The third kappa shape index (κ3) is 3.61. The van der Waals surface area contributed by atoms with Gasteiger partial charge < -0.3 is 9.15 Å². The minimum atomic E-state index is -3.33. The number of nitrogens with zero attached hydrogens (tertiary/aromatic N) is 3. The molecule has 136 valence electrons. The highest BCUT2D eigenvalue weighted by Crippen LogP contribution is 2.35. The smallest absolute Gasteiger partial charge is 0.247 e. The zero-order chi connectivity index (χ0) is 18.0. The van der Waals surface area contributed by atoms with Crippen LogP contribution in [0, 0.1) is 5.92 Å².